The van der Waals surface area contributed by atoms with Crippen LogP contribution < -0.4 is 0 Å². The Morgan fingerprint density at radius 3 is 2.60 bits per heavy atom. The second-order valence-corrected chi connectivity index (χ2v) is 4.24. The molecule has 1 fully saturated rings. The molecular weight excluding hydrogens is 289 g/mol. The third-order valence-corrected chi connectivity index (χ3v) is 2.50. The van der Waals surface area contributed by atoms with Gasteiger partial charge in [0.25, 0.3) is 6.10 Å². The van der Waals surface area contributed by atoms with E-state index in [1.165, 1.54) is 0 Å². The number of hydrogen-bond acceptors (Lipinski definition) is 7. The molecule has 1 aliphatic rings. The molecule has 1 saturated heterocycles. The van der Waals surface area contributed by atoms with Gasteiger partial charge in [-0.15, -0.1) is 0 Å². The quantitative estimate of drug-likeness (QED) is 0.553. The molecule has 1 rings (SSSR count). The van der Waals surface area contributed by atoms with Gasteiger partial charge in [0.15, 0.2) is 11.7 Å². The number of ether oxygens (including phenoxy) is 4. The number of rotatable bonds is 5. The monoisotopic (exact) mass is 302 g/mol. The van der Waals surface area contributed by atoms with Crippen LogP contribution >= 0.6 is 0 Å². The van der Waals surface area contributed by atoms with Crippen molar-refractivity contribution >= 4 is 11.9 Å². The lowest BCUT2D eigenvalue weighted by Gasteiger charge is -2.27. The first-order chi connectivity index (χ1) is 9.12. The lowest BCUT2D eigenvalue weighted by atomic mass is 10.0. The molecule has 3 atom stereocenters. The SMILES string of the molecule is COCO[C@@H](C(=O)OC1(C)COC(=O)C1O)C(F)(F)F. The zero-order valence-corrected chi connectivity index (χ0v) is 10.6. The van der Waals surface area contributed by atoms with Crippen molar-refractivity contribution in [3.05, 3.63) is 0 Å². The normalized spacial score (nSPS) is 28.1. The number of halogens is 3. The lowest BCUT2D eigenvalue weighted by molar-refractivity contribution is -0.252. The molecule has 7 nitrogen and oxygen atoms in total. The summed E-state index contributed by atoms with van der Waals surface area (Å²) in [6.07, 6.45) is -9.77. The van der Waals surface area contributed by atoms with Crippen molar-refractivity contribution in [2.75, 3.05) is 20.5 Å². The number of esters is 2. The molecule has 116 valence electrons. The van der Waals surface area contributed by atoms with Crippen LogP contribution in [-0.2, 0) is 28.5 Å². The first-order valence-corrected chi connectivity index (χ1v) is 5.36. The first-order valence-electron chi connectivity index (χ1n) is 5.36. The van der Waals surface area contributed by atoms with Gasteiger partial charge in [-0.2, -0.15) is 13.2 Å². The summed E-state index contributed by atoms with van der Waals surface area (Å²) in [5, 5.41) is 9.43. The van der Waals surface area contributed by atoms with Gasteiger partial charge >= 0.3 is 18.1 Å². The zero-order valence-electron chi connectivity index (χ0n) is 10.6. The number of cyclic esters (lactones) is 1. The van der Waals surface area contributed by atoms with Crippen molar-refractivity contribution in [1.29, 1.82) is 0 Å². The molecule has 0 bridgehead atoms. The minimum absolute atomic E-state index is 0.548. The fourth-order valence-corrected chi connectivity index (χ4v) is 1.42. The highest BCUT2D eigenvalue weighted by Crippen LogP contribution is 2.29. The molecule has 0 spiro atoms. The van der Waals surface area contributed by atoms with Crippen LogP contribution in [0.5, 0.6) is 0 Å². The average molecular weight is 302 g/mol. The largest absolute Gasteiger partial charge is 0.459 e. The van der Waals surface area contributed by atoms with Crippen LogP contribution in [0.15, 0.2) is 0 Å². The van der Waals surface area contributed by atoms with Crippen LogP contribution in [0.2, 0.25) is 0 Å². The summed E-state index contributed by atoms with van der Waals surface area (Å²) in [6, 6.07) is 0. The van der Waals surface area contributed by atoms with Crippen molar-refractivity contribution in [3.8, 4) is 0 Å². The van der Waals surface area contributed by atoms with Gasteiger partial charge in [0.1, 0.15) is 13.4 Å². The van der Waals surface area contributed by atoms with Gasteiger partial charge in [-0.1, -0.05) is 0 Å². The van der Waals surface area contributed by atoms with Gasteiger partial charge in [0.05, 0.1) is 0 Å². The average Bonchev–Trinajstić information content (AvgIpc) is 2.56. The molecule has 0 aromatic rings. The fourth-order valence-electron chi connectivity index (χ4n) is 1.42. The number of hydrogen-bond donors (Lipinski definition) is 1. The van der Waals surface area contributed by atoms with E-state index in [2.05, 4.69) is 18.9 Å². The van der Waals surface area contributed by atoms with Gasteiger partial charge in [-0.05, 0) is 6.92 Å². The Morgan fingerprint density at radius 2 is 2.20 bits per heavy atom. The molecule has 0 radical (unpaired) electrons. The van der Waals surface area contributed by atoms with E-state index in [0.717, 1.165) is 14.0 Å². The third kappa shape index (κ3) is 3.58. The minimum Gasteiger partial charge on any atom is -0.459 e. The van der Waals surface area contributed by atoms with Gasteiger partial charge < -0.3 is 24.1 Å². The molecule has 20 heavy (non-hydrogen) atoms. The topological polar surface area (TPSA) is 91.3 Å². The molecule has 10 heteroatoms. The molecule has 0 aliphatic carbocycles. The Labute approximate surface area is 111 Å². The van der Waals surface area contributed by atoms with E-state index in [4.69, 9.17) is 0 Å². The number of aliphatic hydroxyl groups is 1. The molecule has 0 amide bonds. The summed E-state index contributed by atoms with van der Waals surface area (Å²) in [4.78, 5) is 22.5. The number of alkyl halides is 3. The van der Waals surface area contributed by atoms with Gasteiger partial charge in [-0.3, -0.25) is 0 Å². The molecule has 1 N–H and O–H groups in total. The van der Waals surface area contributed by atoms with E-state index < -0.39 is 49.3 Å². The number of carbonyl (C=O) groups excluding carboxylic acids is 2. The Kier molecular flexibility index (Phi) is 4.95. The zero-order chi connectivity index (χ0) is 15.6. The second kappa shape index (κ2) is 5.94. The third-order valence-electron chi connectivity index (χ3n) is 2.50. The van der Waals surface area contributed by atoms with Crippen LogP contribution in [0, 0.1) is 0 Å². The summed E-state index contributed by atoms with van der Waals surface area (Å²) in [5.41, 5.74) is -1.89. The molecule has 0 aromatic carbocycles. The molecule has 0 saturated carbocycles. The van der Waals surface area contributed by atoms with Crippen molar-refractivity contribution in [3.63, 3.8) is 0 Å². The van der Waals surface area contributed by atoms with Crippen molar-refractivity contribution < 1.29 is 46.8 Å². The van der Waals surface area contributed by atoms with Crippen LogP contribution in [-0.4, -0.2) is 61.5 Å². The van der Waals surface area contributed by atoms with E-state index in [1.807, 2.05) is 0 Å². The lowest BCUT2D eigenvalue weighted by Crippen LogP contribution is -2.49. The molecule has 1 aliphatic heterocycles. The van der Waals surface area contributed by atoms with Crippen molar-refractivity contribution in [1.82, 2.24) is 0 Å². The number of carbonyl (C=O) groups is 2. The van der Waals surface area contributed by atoms with Crippen LogP contribution in [0.25, 0.3) is 0 Å². The van der Waals surface area contributed by atoms with Crippen LogP contribution in [0.4, 0.5) is 13.2 Å². The highest BCUT2D eigenvalue weighted by atomic mass is 19.4. The first kappa shape index (κ1) is 16.7. The van der Waals surface area contributed by atoms with Gasteiger partial charge in [0.2, 0.25) is 0 Å². The maximum absolute atomic E-state index is 12.6. The summed E-state index contributed by atoms with van der Waals surface area (Å²) < 4.78 is 55.3. The predicted molar refractivity (Wildman–Crippen MR) is 54.3 cm³/mol. The highest BCUT2D eigenvalue weighted by Gasteiger charge is 2.54. The summed E-state index contributed by atoms with van der Waals surface area (Å²) in [5.74, 6) is -2.88. The summed E-state index contributed by atoms with van der Waals surface area (Å²) in [7, 11) is 1.08. The van der Waals surface area contributed by atoms with E-state index in [9.17, 15) is 27.9 Å². The number of aliphatic hydroxyl groups excluding tert-OH is 1. The Bertz CT molecular complexity index is 384. The Morgan fingerprint density at radius 1 is 1.60 bits per heavy atom. The van der Waals surface area contributed by atoms with Gasteiger partial charge in [-0.25, -0.2) is 9.59 Å². The van der Waals surface area contributed by atoms with E-state index in [-0.39, 0.29) is 0 Å². The predicted octanol–water partition coefficient (Wildman–Crippen LogP) is -0.243. The molecule has 2 unspecified atom stereocenters. The Balaban J connectivity index is 2.78. The highest BCUT2D eigenvalue weighted by molar-refractivity contribution is 5.81. The minimum atomic E-state index is -5.03. The maximum Gasteiger partial charge on any atom is 0.425 e. The van der Waals surface area contributed by atoms with Crippen molar-refractivity contribution in [2.24, 2.45) is 0 Å². The maximum atomic E-state index is 12.6. The van der Waals surface area contributed by atoms with Crippen molar-refractivity contribution in [2.45, 2.75) is 30.9 Å². The van der Waals surface area contributed by atoms with Gasteiger partial charge in [0, 0.05) is 7.11 Å². The summed E-state index contributed by atoms with van der Waals surface area (Å²) >= 11 is 0. The molecular formula is C10H13F3O7. The molecule has 0 aromatic heterocycles. The smallest absolute Gasteiger partial charge is 0.425 e. The van der Waals surface area contributed by atoms with E-state index in [0.29, 0.717) is 0 Å². The fraction of sp³-hybridized carbons (Fsp3) is 0.800. The Hall–Kier alpha value is -1.39. The standard InChI is InChI=1S/C10H13F3O7/c1-9(3-18-7(15)5(9)14)20-8(16)6(10(11,12)13)19-4-17-2/h5-6,14H,3-4H2,1-2H3/t5?,6-,9?/m0/s1. The number of methoxy groups -OCH3 is 1. The summed E-state index contributed by atoms with van der Waals surface area (Å²) in [6.45, 7) is -0.258. The van der Waals surface area contributed by atoms with E-state index in [1.54, 1.807) is 0 Å². The van der Waals surface area contributed by atoms with Crippen LogP contribution in [0.3, 0.4) is 0 Å². The second-order valence-electron chi connectivity index (χ2n) is 4.24. The van der Waals surface area contributed by atoms with E-state index >= 15 is 0 Å². The van der Waals surface area contributed by atoms with Crippen LogP contribution in [0.1, 0.15) is 6.92 Å². The molecule has 1 heterocycles.